The summed E-state index contributed by atoms with van der Waals surface area (Å²) in [6, 6.07) is 6.87. The second-order valence-corrected chi connectivity index (χ2v) is 4.48. The molecule has 2 aromatic rings. The molecule has 1 aromatic carbocycles. The van der Waals surface area contributed by atoms with E-state index in [1.54, 1.807) is 24.3 Å². The quantitative estimate of drug-likeness (QED) is 0.939. The standard InChI is InChI=1S/C12H11Cl2N3O/c1-7-5-10(15)17-11(16-7)6-18-9-4-2-3-8(13)12(9)14/h2-5H,6H2,1H3,(H2,15,16,17). The smallest absolute Gasteiger partial charge is 0.168 e. The summed E-state index contributed by atoms with van der Waals surface area (Å²) in [6.45, 7) is 2.03. The third-order valence-electron chi connectivity index (χ3n) is 2.19. The van der Waals surface area contributed by atoms with Crippen LogP contribution in [0.25, 0.3) is 0 Å². The van der Waals surface area contributed by atoms with Gasteiger partial charge in [0.2, 0.25) is 0 Å². The summed E-state index contributed by atoms with van der Waals surface area (Å²) in [5, 5.41) is 0.818. The number of ether oxygens (including phenoxy) is 1. The number of nitrogens with zero attached hydrogens (tertiary/aromatic N) is 2. The maximum absolute atomic E-state index is 6.00. The van der Waals surface area contributed by atoms with Crippen molar-refractivity contribution < 1.29 is 4.74 Å². The van der Waals surface area contributed by atoms with Crippen LogP contribution in [-0.2, 0) is 6.61 Å². The topological polar surface area (TPSA) is 61.0 Å². The van der Waals surface area contributed by atoms with Crippen molar-refractivity contribution in [3.63, 3.8) is 0 Å². The molecule has 0 saturated carbocycles. The highest BCUT2D eigenvalue weighted by molar-refractivity contribution is 6.42. The first-order valence-electron chi connectivity index (χ1n) is 5.23. The van der Waals surface area contributed by atoms with E-state index in [1.807, 2.05) is 6.92 Å². The number of nitrogens with two attached hydrogens (primary N) is 1. The van der Waals surface area contributed by atoms with Crippen molar-refractivity contribution in [2.24, 2.45) is 0 Å². The van der Waals surface area contributed by atoms with Crippen LogP contribution in [-0.4, -0.2) is 9.97 Å². The van der Waals surface area contributed by atoms with E-state index in [1.165, 1.54) is 0 Å². The van der Waals surface area contributed by atoms with E-state index in [4.69, 9.17) is 33.7 Å². The van der Waals surface area contributed by atoms with E-state index in [0.717, 1.165) is 5.69 Å². The van der Waals surface area contributed by atoms with E-state index < -0.39 is 0 Å². The van der Waals surface area contributed by atoms with Gasteiger partial charge in [-0.15, -0.1) is 0 Å². The molecule has 2 N–H and O–H groups in total. The van der Waals surface area contributed by atoms with Gasteiger partial charge in [-0.3, -0.25) is 0 Å². The van der Waals surface area contributed by atoms with Gasteiger partial charge in [-0.25, -0.2) is 9.97 Å². The highest BCUT2D eigenvalue weighted by Gasteiger charge is 2.07. The molecule has 1 aromatic heterocycles. The number of hydrogen-bond donors (Lipinski definition) is 1. The zero-order chi connectivity index (χ0) is 13.1. The summed E-state index contributed by atoms with van der Waals surface area (Å²) in [7, 11) is 0. The molecule has 4 nitrogen and oxygen atoms in total. The van der Waals surface area contributed by atoms with Gasteiger partial charge in [0.25, 0.3) is 0 Å². The Labute approximate surface area is 115 Å². The highest BCUT2D eigenvalue weighted by atomic mass is 35.5. The van der Waals surface area contributed by atoms with Crippen molar-refractivity contribution >= 4 is 29.0 Å². The van der Waals surface area contributed by atoms with Crippen LogP contribution in [0.4, 0.5) is 5.82 Å². The molecule has 94 valence electrons. The zero-order valence-electron chi connectivity index (χ0n) is 9.65. The maximum atomic E-state index is 6.00. The van der Waals surface area contributed by atoms with Crippen molar-refractivity contribution in [2.45, 2.75) is 13.5 Å². The molecule has 0 saturated heterocycles. The minimum absolute atomic E-state index is 0.186. The monoisotopic (exact) mass is 283 g/mol. The molecule has 2 rings (SSSR count). The van der Waals surface area contributed by atoms with Gasteiger partial charge in [0.15, 0.2) is 5.82 Å². The van der Waals surface area contributed by atoms with Gasteiger partial charge in [-0.1, -0.05) is 29.3 Å². The van der Waals surface area contributed by atoms with Gasteiger partial charge in [-0.2, -0.15) is 0 Å². The van der Waals surface area contributed by atoms with Gasteiger partial charge in [-0.05, 0) is 19.1 Å². The van der Waals surface area contributed by atoms with Crippen LogP contribution < -0.4 is 10.5 Å². The molecular weight excluding hydrogens is 273 g/mol. The van der Waals surface area contributed by atoms with Crippen LogP contribution in [0.1, 0.15) is 11.5 Å². The molecule has 0 aliphatic heterocycles. The normalized spacial score (nSPS) is 10.4. The number of rotatable bonds is 3. The molecule has 0 aliphatic carbocycles. The first-order chi connectivity index (χ1) is 8.56. The molecule has 0 amide bonds. The molecular formula is C12H11Cl2N3O. The second kappa shape index (κ2) is 5.42. The van der Waals surface area contributed by atoms with Crippen molar-refractivity contribution in [3.05, 3.63) is 45.8 Å². The Balaban J connectivity index is 2.14. The molecule has 0 radical (unpaired) electrons. The van der Waals surface area contributed by atoms with Crippen molar-refractivity contribution in [1.82, 2.24) is 9.97 Å². The Morgan fingerprint density at radius 1 is 1.28 bits per heavy atom. The summed E-state index contributed by atoms with van der Waals surface area (Å²) in [4.78, 5) is 8.28. The molecule has 0 aliphatic rings. The average Bonchev–Trinajstić information content (AvgIpc) is 2.30. The summed E-state index contributed by atoms with van der Waals surface area (Å²) < 4.78 is 5.52. The molecule has 1 heterocycles. The summed E-state index contributed by atoms with van der Waals surface area (Å²) in [6.07, 6.45) is 0. The number of nitrogen functional groups attached to an aromatic ring is 1. The number of benzene rings is 1. The van der Waals surface area contributed by atoms with Crippen LogP contribution in [0.5, 0.6) is 5.75 Å². The van der Waals surface area contributed by atoms with Crippen molar-refractivity contribution in [2.75, 3.05) is 5.73 Å². The summed E-state index contributed by atoms with van der Waals surface area (Å²) >= 11 is 11.9. The van der Waals surface area contributed by atoms with Crippen LogP contribution in [0.15, 0.2) is 24.3 Å². The van der Waals surface area contributed by atoms with E-state index in [0.29, 0.717) is 27.4 Å². The molecule has 6 heteroatoms. The number of anilines is 1. The van der Waals surface area contributed by atoms with Crippen LogP contribution in [0.3, 0.4) is 0 Å². The van der Waals surface area contributed by atoms with Gasteiger partial charge in [0, 0.05) is 11.8 Å². The fourth-order valence-electron chi connectivity index (χ4n) is 1.46. The maximum Gasteiger partial charge on any atom is 0.168 e. The molecule has 0 atom stereocenters. The molecule has 0 bridgehead atoms. The number of hydrogen-bond acceptors (Lipinski definition) is 4. The van der Waals surface area contributed by atoms with Gasteiger partial charge >= 0.3 is 0 Å². The minimum Gasteiger partial charge on any atom is -0.484 e. The lowest BCUT2D eigenvalue weighted by Gasteiger charge is -2.08. The number of aromatic nitrogens is 2. The fraction of sp³-hybridized carbons (Fsp3) is 0.167. The first kappa shape index (κ1) is 12.9. The Hall–Kier alpha value is -1.52. The van der Waals surface area contributed by atoms with Gasteiger partial charge < -0.3 is 10.5 Å². The van der Waals surface area contributed by atoms with Gasteiger partial charge in [0.1, 0.15) is 23.2 Å². The minimum atomic E-state index is 0.186. The SMILES string of the molecule is Cc1cc(N)nc(COc2cccc(Cl)c2Cl)n1. The van der Waals surface area contributed by atoms with Crippen LogP contribution in [0, 0.1) is 6.92 Å². The Morgan fingerprint density at radius 2 is 2.06 bits per heavy atom. The molecule has 18 heavy (non-hydrogen) atoms. The van der Waals surface area contributed by atoms with Crippen LogP contribution in [0.2, 0.25) is 10.0 Å². The zero-order valence-corrected chi connectivity index (χ0v) is 11.2. The van der Waals surface area contributed by atoms with Crippen molar-refractivity contribution in [3.8, 4) is 5.75 Å². The average molecular weight is 284 g/mol. The third-order valence-corrected chi connectivity index (χ3v) is 2.99. The summed E-state index contributed by atoms with van der Waals surface area (Å²) in [5.41, 5.74) is 6.42. The predicted octanol–water partition coefficient (Wildman–Crippen LogP) is 3.25. The molecule has 0 fully saturated rings. The van der Waals surface area contributed by atoms with E-state index in [-0.39, 0.29) is 6.61 Å². The van der Waals surface area contributed by atoms with Crippen LogP contribution >= 0.6 is 23.2 Å². The van der Waals surface area contributed by atoms with E-state index in [9.17, 15) is 0 Å². The highest BCUT2D eigenvalue weighted by Crippen LogP contribution is 2.31. The molecule has 0 unspecified atom stereocenters. The molecule has 0 spiro atoms. The lowest BCUT2D eigenvalue weighted by atomic mass is 10.3. The number of halogens is 2. The predicted molar refractivity (Wildman–Crippen MR) is 72.0 cm³/mol. The third kappa shape index (κ3) is 3.03. The van der Waals surface area contributed by atoms with E-state index in [2.05, 4.69) is 9.97 Å². The van der Waals surface area contributed by atoms with Gasteiger partial charge in [0.05, 0.1) is 5.02 Å². The van der Waals surface area contributed by atoms with Crippen molar-refractivity contribution in [1.29, 1.82) is 0 Å². The van der Waals surface area contributed by atoms with E-state index >= 15 is 0 Å². The number of aryl methyl sites for hydroxylation is 1. The Bertz CT molecular complexity index is 555. The fourth-order valence-corrected chi connectivity index (χ4v) is 1.80. The largest absolute Gasteiger partial charge is 0.484 e. The second-order valence-electron chi connectivity index (χ2n) is 3.69. The Kier molecular flexibility index (Phi) is 3.89. The Morgan fingerprint density at radius 3 is 2.78 bits per heavy atom. The first-order valence-corrected chi connectivity index (χ1v) is 5.98. The summed E-state index contributed by atoms with van der Waals surface area (Å²) in [5.74, 6) is 1.41. The lowest BCUT2D eigenvalue weighted by molar-refractivity contribution is 0.296. The lowest BCUT2D eigenvalue weighted by Crippen LogP contribution is -2.05.